The highest BCUT2D eigenvalue weighted by Crippen LogP contribution is 2.31. The topological polar surface area (TPSA) is 30.8 Å². The molecule has 3 heteroatoms. The number of aliphatic imine (C=N–C) groups is 1. The minimum atomic E-state index is 0.671. The first-order valence-corrected chi connectivity index (χ1v) is 7.50. The molecule has 3 nitrogen and oxygen atoms in total. The van der Waals surface area contributed by atoms with Gasteiger partial charge in [0.15, 0.2) is 0 Å². The third kappa shape index (κ3) is 3.34. The highest BCUT2D eigenvalue weighted by atomic mass is 16.5. The van der Waals surface area contributed by atoms with Gasteiger partial charge in [-0.25, -0.2) is 0 Å². The summed E-state index contributed by atoms with van der Waals surface area (Å²) in [5.74, 6) is 1.65. The molecule has 0 radical (unpaired) electrons. The molecular formula is C20H19NO2. The summed E-state index contributed by atoms with van der Waals surface area (Å²) in [6.45, 7) is 0.671. The predicted molar refractivity (Wildman–Crippen MR) is 94.8 cm³/mol. The van der Waals surface area contributed by atoms with Crippen LogP contribution >= 0.6 is 0 Å². The van der Waals surface area contributed by atoms with Gasteiger partial charge in [-0.05, 0) is 41.3 Å². The van der Waals surface area contributed by atoms with Crippen molar-refractivity contribution in [2.45, 2.75) is 6.54 Å². The normalized spacial score (nSPS) is 11.0. The second kappa shape index (κ2) is 6.97. The zero-order chi connectivity index (χ0) is 16.1. The Labute approximate surface area is 136 Å². The van der Waals surface area contributed by atoms with Crippen molar-refractivity contribution in [3.05, 3.63) is 71.8 Å². The molecule has 0 aliphatic carbocycles. The lowest BCUT2D eigenvalue weighted by atomic mass is 10.0. The summed E-state index contributed by atoms with van der Waals surface area (Å²) >= 11 is 0. The third-order valence-electron chi connectivity index (χ3n) is 3.78. The van der Waals surface area contributed by atoms with E-state index >= 15 is 0 Å². The Morgan fingerprint density at radius 2 is 1.70 bits per heavy atom. The van der Waals surface area contributed by atoms with E-state index in [0.29, 0.717) is 6.54 Å². The Hall–Kier alpha value is -2.81. The van der Waals surface area contributed by atoms with Crippen LogP contribution in [0.1, 0.15) is 11.1 Å². The van der Waals surface area contributed by atoms with Crippen molar-refractivity contribution in [3.63, 3.8) is 0 Å². The van der Waals surface area contributed by atoms with Crippen LogP contribution in [0.4, 0.5) is 0 Å². The molecular weight excluding hydrogens is 286 g/mol. The van der Waals surface area contributed by atoms with Crippen LogP contribution in [0.15, 0.2) is 65.7 Å². The van der Waals surface area contributed by atoms with E-state index in [1.165, 1.54) is 5.56 Å². The molecule has 0 heterocycles. The number of hydrogen-bond donors (Lipinski definition) is 0. The zero-order valence-corrected chi connectivity index (χ0v) is 13.3. The fraction of sp³-hybridized carbons (Fsp3) is 0.150. The molecule has 3 aromatic rings. The Balaban J connectivity index is 1.94. The molecule has 3 aromatic carbocycles. The van der Waals surface area contributed by atoms with Gasteiger partial charge in [-0.15, -0.1) is 0 Å². The van der Waals surface area contributed by atoms with Gasteiger partial charge in [0.25, 0.3) is 0 Å². The highest BCUT2D eigenvalue weighted by Gasteiger charge is 2.06. The van der Waals surface area contributed by atoms with Crippen molar-refractivity contribution >= 4 is 17.0 Å². The quantitative estimate of drug-likeness (QED) is 0.651. The number of hydrogen-bond acceptors (Lipinski definition) is 3. The first-order chi connectivity index (χ1) is 11.3. The van der Waals surface area contributed by atoms with Gasteiger partial charge in [0.1, 0.15) is 11.5 Å². The van der Waals surface area contributed by atoms with E-state index < -0.39 is 0 Å². The fourth-order valence-electron chi connectivity index (χ4n) is 2.57. The average molecular weight is 305 g/mol. The lowest BCUT2D eigenvalue weighted by Gasteiger charge is -2.09. The molecule has 116 valence electrons. The maximum Gasteiger partial charge on any atom is 0.126 e. The Morgan fingerprint density at radius 3 is 2.43 bits per heavy atom. The molecule has 0 unspecified atom stereocenters. The van der Waals surface area contributed by atoms with Gasteiger partial charge in [-0.2, -0.15) is 0 Å². The first-order valence-electron chi connectivity index (χ1n) is 7.50. The molecule has 23 heavy (non-hydrogen) atoms. The summed E-state index contributed by atoms with van der Waals surface area (Å²) in [6, 6.07) is 20.2. The monoisotopic (exact) mass is 305 g/mol. The largest absolute Gasteiger partial charge is 0.497 e. The molecule has 0 bridgehead atoms. The van der Waals surface area contributed by atoms with Crippen LogP contribution in [0.5, 0.6) is 11.5 Å². The van der Waals surface area contributed by atoms with Crippen LogP contribution < -0.4 is 9.47 Å². The van der Waals surface area contributed by atoms with Gasteiger partial charge in [0, 0.05) is 17.2 Å². The van der Waals surface area contributed by atoms with Gasteiger partial charge in [-0.1, -0.05) is 30.3 Å². The van der Waals surface area contributed by atoms with Gasteiger partial charge in [0.05, 0.1) is 20.8 Å². The molecule has 3 rings (SSSR count). The minimum absolute atomic E-state index is 0.671. The first kappa shape index (κ1) is 15.1. The van der Waals surface area contributed by atoms with Crippen molar-refractivity contribution < 1.29 is 9.47 Å². The second-order valence-electron chi connectivity index (χ2n) is 5.22. The molecule has 0 saturated heterocycles. The maximum absolute atomic E-state index is 5.46. The maximum atomic E-state index is 5.46. The van der Waals surface area contributed by atoms with Crippen LogP contribution in [0.3, 0.4) is 0 Å². The van der Waals surface area contributed by atoms with Crippen molar-refractivity contribution in [3.8, 4) is 11.5 Å². The van der Waals surface area contributed by atoms with Crippen molar-refractivity contribution in [2.24, 2.45) is 4.99 Å². The second-order valence-corrected chi connectivity index (χ2v) is 5.22. The van der Waals surface area contributed by atoms with Gasteiger partial charge >= 0.3 is 0 Å². The summed E-state index contributed by atoms with van der Waals surface area (Å²) in [5, 5.41) is 2.12. The molecule has 0 spiro atoms. The van der Waals surface area contributed by atoms with E-state index in [-0.39, 0.29) is 0 Å². The van der Waals surface area contributed by atoms with Crippen LogP contribution in [0.2, 0.25) is 0 Å². The van der Waals surface area contributed by atoms with Crippen LogP contribution in [0, 0.1) is 0 Å². The van der Waals surface area contributed by atoms with Gasteiger partial charge < -0.3 is 9.47 Å². The average Bonchev–Trinajstić information content (AvgIpc) is 2.62. The van der Waals surface area contributed by atoms with Crippen molar-refractivity contribution in [1.82, 2.24) is 0 Å². The smallest absolute Gasteiger partial charge is 0.126 e. The van der Waals surface area contributed by atoms with Crippen LogP contribution in [-0.2, 0) is 6.54 Å². The lowest BCUT2D eigenvalue weighted by molar-refractivity contribution is 0.412. The molecule has 0 saturated carbocycles. The molecule has 0 atom stereocenters. The van der Waals surface area contributed by atoms with E-state index in [1.54, 1.807) is 14.2 Å². The van der Waals surface area contributed by atoms with Crippen LogP contribution in [0.25, 0.3) is 10.8 Å². The zero-order valence-electron chi connectivity index (χ0n) is 13.3. The molecule has 0 amide bonds. The van der Waals surface area contributed by atoms with Gasteiger partial charge in [-0.3, -0.25) is 4.99 Å². The highest BCUT2D eigenvalue weighted by molar-refractivity contribution is 6.02. The van der Waals surface area contributed by atoms with E-state index in [0.717, 1.165) is 27.8 Å². The predicted octanol–water partition coefficient (Wildman–Crippen LogP) is 4.48. The fourth-order valence-corrected chi connectivity index (χ4v) is 2.57. The number of nitrogens with zero attached hydrogens (tertiary/aromatic N) is 1. The standard InChI is InChI=1S/C20H19NO2/c1-22-17-9-10-18-16(8-11-20(23-2)19(18)12-17)14-21-13-15-6-4-3-5-7-15/h3-12,14H,13H2,1-2H3. The molecule has 0 aliphatic rings. The van der Waals surface area contributed by atoms with Gasteiger partial charge in [0.2, 0.25) is 0 Å². The molecule has 0 fully saturated rings. The summed E-state index contributed by atoms with van der Waals surface area (Å²) in [7, 11) is 3.34. The van der Waals surface area contributed by atoms with E-state index in [9.17, 15) is 0 Å². The van der Waals surface area contributed by atoms with Crippen molar-refractivity contribution in [1.29, 1.82) is 0 Å². The van der Waals surface area contributed by atoms with E-state index in [1.807, 2.05) is 54.7 Å². The summed E-state index contributed by atoms with van der Waals surface area (Å²) in [6.07, 6.45) is 1.92. The lowest BCUT2D eigenvalue weighted by Crippen LogP contribution is -1.92. The number of rotatable bonds is 5. The SMILES string of the molecule is COc1ccc2c(C=NCc3ccccc3)ccc(OC)c2c1. The minimum Gasteiger partial charge on any atom is -0.497 e. The van der Waals surface area contributed by atoms with E-state index in [2.05, 4.69) is 17.1 Å². The number of ether oxygens (including phenoxy) is 2. The Bertz CT molecular complexity index is 826. The number of methoxy groups -OCH3 is 2. The molecule has 0 N–H and O–H groups in total. The Morgan fingerprint density at radius 1 is 0.870 bits per heavy atom. The molecule has 0 aliphatic heterocycles. The number of fused-ring (bicyclic) bond motifs is 1. The summed E-state index contributed by atoms with van der Waals surface area (Å²) in [5.41, 5.74) is 2.27. The van der Waals surface area contributed by atoms with E-state index in [4.69, 9.17) is 9.47 Å². The van der Waals surface area contributed by atoms with Crippen LogP contribution in [-0.4, -0.2) is 20.4 Å². The molecule has 0 aromatic heterocycles. The number of benzene rings is 3. The third-order valence-corrected chi connectivity index (χ3v) is 3.78. The summed E-state index contributed by atoms with van der Waals surface area (Å²) in [4.78, 5) is 4.56. The Kier molecular flexibility index (Phi) is 4.57. The summed E-state index contributed by atoms with van der Waals surface area (Å²) < 4.78 is 10.8. The van der Waals surface area contributed by atoms with Crippen molar-refractivity contribution in [2.75, 3.05) is 14.2 Å².